The predicted molar refractivity (Wildman–Crippen MR) is 56.7 cm³/mol. The van der Waals surface area contributed by atoms with Gasteiger partial charge in [-0.1, -0.05) is 11.3 Å². The third-order valence-corrected chi connectivity index (χ3v) is 3.02. The minimum absolute atomic E-state index is 0.681. The van der Waals surface area contributed by atoms with Crippen molar-refractivity contribution < 1.29 is 0 Å². The number of hydrogen-bond acceptors (Lipinski definition) is 6. The lowest BCUT2D eigenvalue weighted by Gasteiger charge is -1.96. The number of hydrogen-bond donors (Lipinski definition) is 2. The number of nitrogens with zero attached hydrogens (tertiary/aromatic N) is 2. The zero-order valence-corrected chi connectivity index (χ0v) is 8.93. The van der Waals surface area contributed by atoms with Crippen LogP contribution in [0.5, 0.6) is 0 Å². The molecule has 0 fully saturated rings. The first-order valence-electron chi connectivity index (χ1n) is 3.51. The van der Waals surface area contributed by atoms with Gasteiger partial charge >= 0.3 is 0 Å². The summed E-state index contributed by atoms with van der Waals surface area (Å²) >= 11 is 7.90. The van der Waals surface area contributed by atoms with Gasteiger partial charge in [-0.05, 0) is 12.2 Å². The average molecular weight is 230 g/mol. The summed E-state index contributed by atoms with van der Waals surface area (Å²) in [7, 11) is 0. The molecule has 0 aliphatic carbocycles. The maximum Gasteiger partial charge on any atom is 0.204 e. The Hall–Kier alpha value is -0.790. The van der Waals surface area contributed by atoms with E-state index in [-0.39, 0.29) is 0 Å². The molecule has 2 heterocycles. The van der Waals surface area contributed by atoms with Crippen LogP contribution in [0.3, 0.4) is 0 Å². The van der Waals surface area contributed by atoms with Gasteiger partial charge in [-0.15, -0.1) is 16.4 Å². The molecule has 2 rings (SSSR count). The molecular weight excluding hydrogens is 224 g/mol. The summed E-state index contributed by atoms with van der Waals surface area (Å²) in [5.74, 6) is 0. The Morgan fingerprint density at radius 3 is 3.15 bits per heavy atom. The molecule has 2 N–H and O–H groups in total. The summed E-state index contributed by atoms with van der Waals surface area (Å²) in [5.41, 5.74) is 2.83. The van der Waals surface area contributed by atoms with Crippen molar-refractivity contribution in [2.75, 3.05) is 5.32 Å². The van der Waals surface area contributed by atoms with Crippen molar-refractivity contribution in [3.8, 4) is 0 Å². The van der Waals surface area contributed by atoms with E-state index < -0.39 is 0 Å². The van der Waals surface area contributed by atoms with Crippen molar-refractivity contribution in [3.05, 3.63) is 20.5 Å². The standard InChI is InChI=1S/C6H6N4S3/c11-6-10-9-5(13-6)7-1-4-2-12-3-8-4/h2-3H,1H2,(H,7,9)(H,10,11). The van der Waals surface area contributed by atoms with Crippen molar-refractivity contribution in [1.29, 1.82) is 0 Å². The van der Waals surface area contributed by atoms with Gasteiger partial charge in [0.05, 0.1) is 17.7 Å². The van der Waals surface area contributed by atoms with E-state index in [9.17, 15) is 0 Å². The Morgan fingerprint density at radius 2 is 2.54 bits per heavy atom. The summed E-state index contributed by atoms with van der Waals surface area (Å²) < 4.78 is 0.681. The molecule has 2 aromatic rings. The number of rotatable bonds is 3. The van der Waals surface area contributed by atoms with Gasteiger partial charge in [0.25, 0.3) is 0 Å². The maximum absolute atomic E-state index is 4.89. The molecule has 0 unspecified atom stereocenters. The molecule has 0 aliphatic heterocycles. The van der Waals surface area contributed by atoms with E-state index in [1.54, 1.807) is 11.3 Å². The van der Waals surface area contributed by atoms with Crippen LogP contribution in [-0.4, -0.2) is 15.2 Å². The first-order valence-corrected chi connectivity index (χ1v) is 5.68. The van der Waals surface area contributed by atoms with Gasteiger partial charge in [0, 0.05) is 5.38 Å². The number of aromatic amines is 1. The largest absolute Gasteiger partial charge is 0.354 e. The van der Waals surface area contributed by atoms with Crippen molar-refractivity contribution in [2.24, 2.45) is 0 Å². The number of aromatic nitrogens is 3. The second-order valence-corrected chi connectivity index (χ2v) is 4.64. The summed E-state index contributed by atoms with van der Waals surface area (Å²) in [6, 6.07) is 0. The fraction of sp³-hybridized carbons (Fsp3) is 0.167. The molecule has 0 bridgehead atoms. The molecule has 4 nitrogen and oxygen atoms in total. The van der Waals surface area contributed by atoms with Crippen LogP contribution in [0.25, 0.3) is 0 Å². The molecule has 0 amide bonds. The van der Waals surface area contributed by atoms with E-state index >= 15 is 0 Å². The van der Waals surface area contributed by atoms with E-state index in [0.717, 1.165) is 10.8 Å². The van der Waals surface area contributed by atoms with Crippen LogP contribution in [0.15, 0.2) is 10.9 Å². The summed E-state index contributed by atoms with van der Waals surface area (Å²) in [6.45, 7) is 0.694. The summed E-state index contributed by atoms with van der Waals surface area (Å²) in [4.78, 5) is 4.13. The van der Waals surface area contributed by atoms with Gasteiger partial charge in [0.15, 0.2) is 3.95 Å². The van der Waals surface area contributed by atoms with Crippen LogP contribution >= 0.6 is 34.9 Å². The molecule has 0 saturated heterocycles. The number of thiazole rings is 1. The molecule has 0 aromatic carbocycles. The van der Waals surface area contributed by atoms with Crippen LogP contribution in [0, 0.1) is 3.95 Å². The molecule has 13 heavy (non-hydrogen) atoms. The monoisotopic (exact) mass is 230 g/mol. The van der Waals surface area contributed by atoms with E-state index in [0.29, 0.717) is 10.5 Å². The number of nitrogens with one attached hydrogen (secondary N) is 2. The minimum Gasteiger partial charge on any atom is -0.354 e. The Bertz CT molecular complexity index is 415. The highest BCUT2D eigenvalue weighted by Gasteiger charge is 1.97. The highest BCUT2D eigenvalue weighted by Crippen LogP contribution is 2.12. The molecule has 2 aromatic heterocycles. The molecule has 7 heteroatoms. The molecule has 0 radical (unpaired) electrons. The zero-order chi connectivity index (χ0) is 9.10. The Kier molecular flexibility index (Phi) is 2.67. The first-order chi connectivity index (χ1) is 6.34. The van der Waals surface area contributed by atoms with Crippen LogP contribution in [0.2, 0.25) is 0 Å². The van der Waals surface area contributed by atoms with E-state index in [1.165, 1.54) is 11.3 Å². The van der Waals surface area contributed by atoms with E-state index in [1.807, 2.05) is 10.9 Å². The maximum atomic E-state index is 4.89. The molecule has 0 spiro atoms. The molecule has 0 saturated carbocycles. The third-order valence-electron chi connectivity index (χ3n) is 1.34. The Morgan fingerprint density at radius 1 is 1.62 bits per heavy atom. The van der Waals surface area contributed by atoms with E-state index in [4.69, 9.17) is 12.2 Å². The highest BCUT2D eigenvalue weighted by molar-refractivity contribution is 7.73. The second kappa shape index (κ2) is 3.95. The smallest absolute Gasteiger partial charge is 0.204 e. The third kappa shape index (κ3) is 2.33. The topological polar surface area (TPSA) is 53.6 Å². The quantitative estimate of drug-likeness (QED) is 0.794. The Labute approximate surface area is 87.7 Å². The van der Waals surface area contributed by atoms with Crippen molar-refractivity contribution in [2.45, 2.75) is 6.54 Å². The fourth-order valence-electron chi connectivity index (χ4n) is 0.796. The molecule has 68 valence electrons. The van der Waals surface area contributed by atoms with Crippen LogP contribution in [0.4, 0.5) is 5.13 Å². The van der Waals surface area contributed by atoms with Crippen LogP contribution in [0.1, 0.15) is 5.69 Å². The van der Waals surface area contributed by atoms with Crippen LogP contribution < -0.4 is 5.32 Å². The first kappa shape index (κ1) is 8.79. The molecule has 0 atom stereocenters. The minimum atomic E-state index is 0.681. The highest BCUT2D eigenvalue weighted by atomic mass is 32.1. The van der Waals surface area contributed by atoms with Gasteiger partial charge in [-0.2, -0.15) is 0 Å². The fourth-order valence-corrected chi connectivity index (χ4v) is 2.14. The molecule has 0 aliphatic rings. The van der Waals surface area contributed by atoms with Gasteiger partial charge in [0.2, 0.25) is 5.13 Å². The van der Waals surface area contributed by atoms with Gasteiger partial charge in [0.1, 0.15) is 0 Å². The van der Waals surface area contributed by atoms with Crippen molar-refractivity contribution in [1.82, 2.24) is 15.2 Å². The van der Waals surface area contributed by atoms with Crippen molar-refractivity contribution in [3.63, 3.8) is 0 Å². The summed E-state index contributed by atoms with van der Waals surface area (Å²) in [6.07, 6.45) is 0. The number of H-pyrrole nitrogens is 1. The zero-order valence-electron chi connectivity index (χ0n) is 6.48. The van der Waals surface area contributed by atoms with Crippen LogP contribution in [-0.2, 0) is 6.54 Å². The lowest BCUT2D eigenvalue weighted by Crippen LogP contribution is -1.98. The van der Waals surface area contributed by atoms with Gasteiger partial charge in [-0.25, -0.2) is 4.98 Å². The van der Waals surface area contributed by atoms with Gasteiger partial charge in [-0.3, -0.25) is 5.10 Å². The Balaban J connectivity index is 1.97. The lowest BCUT2D eigenvalue weighted by atomic mass is 10.5. The van der Waals surface area contributed by atoms with E-state index in [2.05, 4.69) is 20.5 Å². The summed E-state index contributed by atoms with van der Waals surface area (Å²) in [5, 5.41) is 12.6. The predicted octanol–water partition coefficient (Wildman–Crippen LogP) is 2.27. The van der Waals surface area contributed by atoms with Gasteiger partial charge < -0.3 is 5.32 Å². The van der Waals surface area contributed by atoms with Crippen molar-refractivity contribution >= 4 is 40.0 Å². The second-order valence-electron chi connectivity index (χ2n) is 2.25. The molecular formula is C6H6N4S3. The normalized spacial score (nSPS) is 10.2. The number of anilines is 1. The lowest BCUT2D eigenvalue weighted by molar-refractivity contribution is 1.02. The SMILES string of the molecule is S=c1[nH]nc(NCc2cscn2)s1. The average Bonchev–Trinajstić information content (AvgIpc) is 2.71.